The molecule has 2 saturated heterocycles. The van der Waals surface area contributed by atoms with Crippen LogP contribution < -0.4 is 10.6 Å². The number of hydrogen-bond donors (Lipinski definition) is 2. The summed E-state index contributed by atoms with van der Waals surface area (Å²) in [5.41, 5.74) is 0. The summed E-state index contributed by atoms with van der Waals surface area (Å²) in [6.07, 6.45) is 4.48. The highest BCUT2D eigenvalue weighted by atomic mass is 32.2. The lowest BCUT2D eigenvalue weighted by Crippen LogP contribution is -2.47. The van der Waals surface area contributed by atoms with Crippen molar-refractivity contribution in [2.75, 3.05) is 45.5 Å². The number of nitrogens with zero attached hydrogens (tertiary/aromatic N) is 2. The maximum atomic E-state index is 5.78. The summed E-state index contributed by atoms with van der Waals surface area (Å²) in [5, 5.41) is 6.93. The lowest BCUT2D eigenvalue weighted by Gasteiger charge is -2.35. The minimum absolute atomic E-state index is 0.353. The number of rotatable bonds is 6. The van der Waals surface area contributed by atoms with Gasteiger partial charge in [-0.15, -0.1) is 0 Å². The fourth-order valence-corrected chi connectivity index (χ4v) is 4.69. The predicted octanol–water partition coefficient (Wildman–Crippen LogP) is 1.94. The van der Waals surface area contributed by atoms with Gasteiger partial charge in [0.05, 0.1) is 12.2 Å². The lowest BCUT2D eigenvalue weighted by atomic mass is 10.1. The van der Waals surface area contributed by atoms with Gasteiger partial charge in [-0.2, -0.15) is 11.8 Å². The first-order chi connectivity index (χ1) is 11.0. The molecule has 2 heterocycles. The van der Waals surface area contributed by atoms with E-state index < -0.39 is 0 Å². The van der Waals surface area contributed by atoms with Crippen LogP contribution in [0.4, 0.5) is 0 Å². The van der Waals surface area contributed by atoms with E-state index in [9.17, 15) is 0 Å². The summed E-state index contributed by atoms with van der Waals surface area (Å²) in [7, 11) is 1.85. The van der Waals surface area contributed by atoms with E-state index in [1.165, 1.54) is 18.6 Å². The average molecular weight is 343 g/mol. The van der Waals surface area contributed by atoms with Gasteiger partial charge < -0.3 is 15.4 Å². The molecule has 0 aromatic rings. The standard InChI is InChI=1S/C17H34N4OS/c1-14-11-21(12-15(2)22-14)9-6-8-19-16(18-4)20-13-17(3)7-5-10-23-17/h14-15H,5-13H2,1-4H3,(H2,18,19,20). The summed E-state index contributed by atoms with van der Waals surface area (Å²) in [6, 6.07) is 0. The zero-order valence-electron chi connectivity index (χ0n) is 15.2. The first kappa shape index (κ1) is 18.9. The molecule has 0 spiro atoms. The molecule has 2 rings (SSSR count). The zero-order chi connectivity index (χ0) is 16.7. The van der Waals surface area contributed by atoms with Gasteiger partial charge in [0.1, 0.15) is 0 Å². The van der Waals surface area contributed by atoms with Gasteiger partial charge in [0.15, 0.2) is 5.96 Å². The van der Waals surface area contributed by atoms with Crippen LogP contribution in [0.5, 0.6) is 0 Å². The minimum Gasteiger partial charge on any atom is -0.373 e. The number of morpholine rings is 1. The van der Waals surface area contributed by atoms with E-state index in [0.29, 0.717) is 17.0 Å². The Kier molecular flexibility index (Phi) is 7.50. The first-order valence-electron chi connectivity index (χ1n) is 8.97. The van der Waals surface area contributed by atoms with E-state index in [1.807, 2.05) is 7.05 Å². The van der Waals surface area contributed by atoms with Crippen molar-refractivity contribution in [1.82, 2.24) is 15.5 Å². The molecule has 0 aromatic carbocycles. The zero-order valence-corrected chi connectivity index (χ0v) is 16.0. The van der Waals surface area contributed by atoms with Crippen molar-refractivity contribution in [3.8, 4) is 0 Å². The van der Waals surface area contributed by atoms with Crippen molar-refractivity contribution in [3.63, 3.8) is 0 Å². The highest BCUT2D eigenvalue weighted by molar-refractivity contribution is 8.00. The van der Waals surface area contributed by atoms with Crippen LogP contribution in [-0.2, 0) is 4.74 Å². The van der Waals surface area contributed by atoms with Gasteiger partial charge >= 0.3 is 0 Å². The second-order valence-electron chi connectivity index (χ2n) is 7.12. The molecule has 3 atom stereocenters. The molecule has 3 unspecified atom stereocenters. The lowest BCUT2D eigenvalue weighted by molar-refractivity contribution is -0.0679. The maximum Gasteiger partial charge on any atom is 0.191 e. The molecule has 2 N–H and O–H groups in total. The number of ether oxygens (including phenoxy) is 1. The molecular weight excluding hydrogens is 308 g/mol. The fraction of sp³-hybridized carbons (Fsp3) is 0.941. The molecule has 0 radical (unpaired) electrons. The molecule has 0 saturated carbocycles. The number of aliphatic imine (C=N–C) groups is 1. The van der Waals surface area contributed by atoms with Crippen LogP contribution in [0.3, 0.4) is 0 Å². The summed E-state index contributed by atoms with van der Waals surface area (Å²) in [4.78, 5) is 6.85. The van der Waals surface area contributed by atoms with Gasteiger partial charge in [-0.25, -0.2) is 0 Å². The fourth-order valence-electron chi connectivity index (χ4n) is 3.44. The quantitative estimate of drug-likeness (QED) is 0.439. The van der Waals surface area contributed by atoms with Gasteiger partial charge in [-0.05, 0) is 45.8 Å². The third-order valence-electron chi connectivity index (χ3n) is 4.59. The van der Waals surface area contributed by atoms with Gasteiger partial charge in [0.2, 0.25) is 0 Å². The van der Waals surface area contributed by atoms with Crippen LogP contribution in [0.25, 0.3) is 0 Å². The third-order valence-corrected chi connectivity index (χ3v) is 6.13. The minimum atomic E-state index is 0.353. The topological polar surface area (TPSA) is 48.9 Å². The van der Waals surface area contributed by atoms with Crippen LogP contribution in [-0.4, -0.2) is 73.3 Å². The Balaban J connectivity index is 1.60. The summed E-state index contributed by atoms with van der Waals surface area (Å²) >= 11 is 2.08. The molecule has 134 valence electrons. The second-order valence-corrected chi connectivity index (χ2v) is 8.81. The van der Waals surface area contributed by atoms with Crippen molar-refractivity contribution in [3.05, 3.63) is 0 Å². The van der Waals surface area contributed by atoms with Crippen molar-refractivity contribution in [1.29, 1.82) is 0 Å². The van der Waals surface area contributed by atoms with Crippen molar-refractivity contribution in [2.45, 2.75) is 57.0 Å². The Morgan fingerprint density at radius 1 is 1.30 bits per heavy atom. The van der Waals surface area contributed by atoms with E-state index in [1.54, 1.807) is 0 Å². The van der Waals surface area contributed by atoms with Gasteiger partial charge in [-0.1, -0.05) is 0 Å². The van der Waals surface area contributed by atoms with E-state index in [0.717, 1.165) is 45.1 Å². The van der Waals surface area contributed by atoms with Crippen LogP contribution in [0, 0.1) is 0 Å². The van der Waals surface area contributed by atoms with E-state index in [2.05, 4.69) is 53.1 Å². The molecule has 0 bridgehead atoms. The van der Waals surface area contributed by atoms with E-state index >= 15 is 0 Å². The predicted molar refractivity (Wildman–Crippen MR) is 101 cm³/mol. The number of hydrogen-bond acceptors (Lipinski definition) is 4. The molecule has 0 amide bonds. The van der Waals surface area contributed by atoms with Gasteiger partial charge in [0.25, 0.3) is 0 Å². The Morgan fingerprint density at radius 2 is 2.04 bits per heavy atom. The van der Waals surface area contributed by atoms with Gasteiger partial charge in [0, 0.05) is 44.5 Å². The van der Waals surface area contributed by atoms with Crippen molar-refractivity contribution >= 4 is 17.7 Å². The molecule has 2 fully saturated rings. The highest BCUT2D eigenvalue weighted by Crippen LogP contribution is 2.36. The average Bonchev–Trinajstić information content (AvgIpc) is 2.93. The molecule has 2 aliphatic rings. The monoisotopic (exact) mass is 342 g/mol. The number of guanidine groups is 1. The third kappa shape index (κ3) is 6.51. The molecule has 0 aliphatic carbocycles. The van der Waals surface area contributed by atoms with E-state index in [-0.39, 0.29) is 0 Å². The van der Waals surface area contributed by atoms with Crippen LogP contribution in [0.1, 0.15) is 40.0 Å². The van der Waals surface area contributed by atoms with Crippen LogP contribution >= 0.6 is 11.8 Å². The molecule has 5 nitrogen and oxygen atoms in total. The number of thioether (sulfide) groups is 1. The van der Waals surface area contributed by atoms with Gasteiger partial charge in [-0.3, -0.25) is 9.89 Å². The SMILES string of the molecule is CN=C(NCCCN1CC(C)OC(C)C1)NCC1(C)CCCS1. The Bertz CT molecular complexity index is 375. The second kappa shape index (κ2) is 9.14. The van der Waals surface area contributed by atoms with Crippen LogP contribution in [0.15, 0.2) is 4.99 Å². The molecule has 23 heavy (non-hydrogen) atoms. The molecule has 0 aromatic heterocycles. The Morgan fingerprint density at radius 3 is 2.65 bits per heavy atom. The molecular formula is C17H34N4OS. The first-order valence-corrected chi connectivity index (χ1v) is 9.95. The largest absolute Gasteiger partial charge is 0.373 e. The Labute approximate surface area is 146 Å². The number of nitrogens with one attached hydrogen (secondary N) is 2. The molecule has 2 aliphatic heterocycles. The van der Waals surface area contributed by atoms with E-state index in [4.69, 9.17) is 4.74 Å². The maximum absolute atomic E-state index is 5.78. The highest BCUT2D eigenvalue weighted by Gasteiger charge is 2.29. The summed E-state index contributed by atoms with van der Waals surface area (Å²) < 4.78 is 6.15. The molecule has 6 heteroatoms. The smallest absolute Gasteiger partial charge is 0.191 e. The van der Waals surface area contributed by atoms with Crippen molar-refractivity contribution in [2.24, 2.45) is 4.99 Å². The normalized spacial score (nSPS) is 33.0. The van der Waals surface area contributed by atoms with Crippen LogP contribution in [0.2, 0.25) is 0 Å². The Hall–Kier alpha value is -0.460. The summed E-state index contributed by atoms with van der Waals surface area (Å²) in [6.45, 7) is 11.9. The summed E-state index contributed by atoms with van der Waals surface area (Å²) in [5.74, 6) is 2.23. The van der Waals surface area contributed by atoms with Crippen molar-refractivity contribution < 1.29 is 4.74 Å².